The molecule has 2 amide bonds. The Morgan fingerprint density at radius 2 is 1.77 bits per heavy atom. The molecule has 8 heteroatoms. The highest BCUT2D eigenvalue weighted by atomic mass is 16.2. The minimum Gasteiger partial charge on any atom is -0.343 e. The van der Waals surface area contributed by atoms with Crippen molar-refractivity contribution in [2.75, 3.05) is 5.32 Å². The summed E-state index contributed by atoms with van der Waals surface area (Å²) >= 11 is 0. The van der Waals surface area contributed by atoms with Crippen molar-refractivity contribution < 1.29 is 9.59 Å². The van der Waals surface area contributed by atoms with Crippen LogP contribution in [0.3, 0.4) is 0 Å². The molecule has 4 aromatic rings. The predicted octanol–water partition coefficient (Wildman–Crippen LogP) is 2.90. The number of aryl methyl sites for hydroxylation is 2. The largest absolute Gasteiger partial charge is 0.343 e. The number of carbonyl (C=O) groups is 2. The summed E-state index contributed by atoms with van der Waals surface area (Å²) in [6, 6.07) is 18.9. The lowest BCUT2D eigenvalue weighted by atomic mass is 10.1. The summed E-state index contributed by atoms with van der Waals surface area (Å²) in [7, 11) is 1.69. The van der Waals surface area contributed by atoms with E-state index in [-0.39, 0.29) is 30.5 Å². The van der Waals surface area contributed by atoms with Crippen LogP contribution in [0.15, 0.2) is 60.7 Å². The van der Waals surface area contributed by atoms with Crippen molar-refractivity contribution in [2.45, 2.75) is 26.4 Å². The smallest absolute Gasteiger partial charge is 0.272 e. The molecule has 0 saturated carbocycles. The second-order valence-corrected chi connectivity index (χ2v) is 7.19. The number of aromatic nitrogens is 4. The standard InChI is InChI=1S/C23H24N6O2/c1-3-29-19-12-8-7-11-17(19)25-21(29)15-24-23(31)18-14-20(28(2)27-18)26-22(30)13-16-9-5-4-6-10-16/h4-12,14H,3,13,15H2,1-2H3,(H,24,31)(H,26,30). The van der Waals surface area contributed by atoms with Crippen molar-refractivity contribution in [3.8, 4) is 0 Å². The molecule has 0 saturated heterocycles. The molecule has 0 aliphatic rings. The number of rotatable bonds is 7. The van der Waals surface area contributed by atoms with Gasteiger partial charge in [-0.2, -0.15) is 5.10 Å². The predicted molar refractivity (Wildman–Crippen MR) is 119 cm³/mol. The first-order valence-corrected chi connectivity index (χ1v) is 10.2. The second-order valence-electron chi connectivity index (χ2n) is 7.19. The Morgan fingerprint density at radius 1 is 1.03 bits per heavy atom. The summed E-state index contributed by atoms with van der Waals surface area (Å²) in [5.74, 6) is 0.753. The van der Waals surface area contributed by atoms with Crippen molar-refractivity contribution in [3.63, 3.8) is 0 Å². The summed E-state index contributed by atoms with van der Waals surface area (Å²) in [6.07, 6.45) is 0.251. The number of carbonyl (C=O) groups excluding carboxylic acids is 2. The van der Waals surface area contributed by atoms with E-state index in [1.165, 1.54) is 4.68 Å². The highest BCUT2D eigenvalue weighted by Crippen LogP contribution is 2.16. The molecule has 2 N–H and O–H groups in total. The molecule has 2 heterocycles. The molecule has 0 unspecified atom stereocenters. The molecular formula is C23H24N6O2. The van der Waals surface area contributed by atoms with Crippen LogP contribution >= 0.6 is 0 Å². The Hall–Kier alpha value is -3.94. The summed E-state index contributed by atoms with van der Waals surface area (Å²) in [6.45, 7) is 3.09. The number of amides is 2. The van der Waals surface area contributed by atoms with Gasteiger partial charge in [0.15, 0.2) is 5.69 Å². The van der Waals surface area contributed by atoms with E-state index in [1.54, 1.807) is 13.1 Å². The van der Waals surface area contributed by atoms with Crippen LogP contribution in [-0.4, -0.2) is 31.1 Å². The van der Waals surface area contributed by atoms with Crippen LogP contribution in [0.2, 0.25) is 0 Å². The molecule has 0 aliphatic carbocycles. The summed E-state index contributed by atoms with van der Waals surface area (Å²) in [4.78, 5) is 29.6. The van der Waals surface area contributed by atoms with Gasteiger partial charge >= 0.3 is 0 Å². The van der Waals surface area contributed by atoms with Gasteiger partial charge in [-0.25, -0.2) is 4.98 Å². The molecule has 0 fully saturated rings. The molecule has 158 valence electrons. The van der Waals surface area contributed by atoms with E-state index in [2.05, 4.69) is 25.3 Å². The van der Waals surface area contributed by atoms with Crippen LogP contribution in [0.25, 0.3) is 11.0 Å². The fourth-order valence-electron chi connectivity index (χ4n) is 3.53. The maximum atomic E-state index is 12.6. The van der Waals surface area contributed by atoms with Gasteiger partial charge in [-0.3, -0.25) is 14.3 Å². The average Bonchev–Trinajstić information content (AvgIpc) is 3.32. The summed E-state index contributed by atoms with van der Waals surface area (Å²) in [5.41, 5.74) is 3.08. The van der Waals surface area contributed by atoms with Crippen molar-refractivity contribution in [3.05, 3.63) is 77.7 Å². The van der Waals surface area contributed by atoms with E-state index in [0.717, 1.165) is 29.0 Å². The van der Waals surface area contributed by atoms with Crippen LogP contribution in [-0.2, 0) is 31.4 Å². The number of fused-ring (bicyclic) bond motifs is 1. The molecule has 0 aliphatic heterocycles. The quantitative estimate of drug-likeness (QED) is 0.484. The van der Waals surface area contributed by atoms with E-state index in [9.17, 15) is 9.59 Å². The van der Waals surface area contributed by atoms with Crippen molar-refractivity contribution in [2.24, 2.45) is 7.05 Å². The molecule has 2 aromatic carbocycles. The Kier molecular flexibility index (Phi) is 5.79. The molecule has 0 spiro atoms. The fourth-order valence-corrected chi connectivity index (χ4v) is 3.53. The number of hydrogen-bond acceptors (Lipinski definition) is 4. The first-order chi connectivity index (χ1) is 15.0. The average molecular weight is 416 g/mol. The van der Waals surface area contributed by atoms with Crippen molar-refractivity contribution in [1.29, 1.82) is 0 Å². The van der Waals surface area contributed by atoms with E-state index in [0.29, 0.717) is 5.82 Å². The van der Waals surface area contributed by atoms with E-state index < -0.39 is 0 Å². The van der Waals surface area contributed by atoms with Gasteiger partial charge in [-0.1, -0.05) is 42.5 Å². The summed E-state index contributed by atoms with van der Waals surface area (Å²) < 4.78 is 3.56. The topological polar surface area (TPSA) is 93.8 Å². The molecule has 31 heavy (non-hydrogen) atoms. The third-order valence-electron chi connectivity index (χ3n) is 5.04. The Bertz CT molecular complexity index is 1230. The SMILES string of the molecule is CCn1c(CNC(=O)c2cc(NC(=O)Cc3ccccc3)n(C)n2)nc2ccccc21. The zero-order valence-electron chi connectivity index (χ0n) is 17.5. The zero-order valence-corrected chi connectivity index (χ0v) is 17.5. The molecule has 2 aromatic heterocycles. The number of nitrogens with zero attached hydrogens (tertiary/aromatic N) is 4. The maximum absolute atomic E-state index is 12.6. The van der Waals surface area contributed by atoms with E-state index in [4.69, 9.17) is 0 Å². The minimum absolute atomic E-state index is 0.169. The third-order valence-corrected chi connectivity index (χ3v) is 5.04. The highest BCUT2D eigenvalue weighted by Gasteiger charge is 2.16. The van der Waals surface area contributed by atoms with Gasteiger partial charge in [-0.15, -0.1) is 0 Å². The Balaban J connectivity index is 1.41. The minimum atomic E-state index is -0.325. The number of para-hydroxylation sites is 2. The van der Waals surface area contributed by atoms with Crippen LogP contribution in [0.4, 0.5) is 5.82 Å². The lowest BCUT2D eigenvalue weighted by Gasteiger charge is -2.06. The van der Waals surface area contributed by atoms with Crippen LogP contribution < -0.4 is 10.6 Å². The van der Waals surface area contributed by atoms with E-state index in [1.807, 2.05) is 61.5 Å². The molecule has 0 radical (unpaired) electrons. The van der Waals surface area contributed by atoms with Gasteiger partial charge < -0.3 is 15.2 Å². The molecule has 8 nitrogen and oxygen atoms in total. The lowest BCUT2D eigenvalue weighted by Crippen LogP contribution is -2.25. The van der Waals surface area contributed by atoms with Crippen molar-refractivity contribution >= 4 is 28.7 Å². The third kappa shape index (κ3) is 4.48. The van der Waals surface area contributed by atoms with Crippen LogP contribution in [0, 0.1) is 0 Å². The monoisotopic (exact) mass is 416 g/mol. The number of hydrogen-bond donors (Lipinski definition) is 2. The van der Waals surface area contributed by atoms with Gasteiger partial charge in [-0.05, 0) is 24.6 Å². The Morgan fingerprint density at radius 3 is 2.55 bits per heavy atom. The van der Waals surface area contributed by atoms with Gasteiger partial charge in [0.1, 0.15) is 11.6 Å². The highest BCUT2D eigenvalue weighted by molar-refractivity contribution is 5.96. The first-order valence-electron chi connectivity index (χ1n) is 10.2. The fraction of sp³-hybridized carbons (Fsp3) is 0.217. The van der Waals surface area contributed by atoms with Gasteiger partial charge in [0.05, 0.1) is 24.0 Å². The second kappa shape index (κ2) is 8.83. The first kappa shape index (κ1) is 20.3. The Labute approximate surface area is 179 Å². The summed E-state index contributed by atoms with van der Waals surface area (Å²) in [5, 5.41) is 9.91. The number of benzene rings is 2. The zero-order chi connectivity index (χ0) is 21.8. The molecule has 4 rings (SSSR count). The van der Waals surface area contributed by atoms with Gasteiger partial charge in [0, 0.05) is 19.7 Å². The molecular weight excluding hydrogens is 392 g/mol. The van der Waals surface area contributed by atoms with Crippen molar-refractivity contribution in [1.82, 2.24) is 24.6 Å². The number of anilines is 1. The van der Waals surface area contributed by atoms with E-state index >= 15 is 0 Å². The molecule has 0 atom stereocenters. The molecule has 0 bridgehead atoms. The number of imidazole rings is 1. The normalized spacial score (nSPS) is 10.9. The van der Waals surface area contributed by atoms with Gasteiger partial charge in [0.2, 0.25) is 5.91 Å². The van der Waals surface area contributed by atoms with Crippen LogP contribution in [0.1, 0.15) is 28.8 Å². The lowest BCUT2D eigenvalue weighted by molar-refractivity contribution is -0.115. The number of nitrogens with one attached hydrogen (secondary N) is 2. The maximum Gasteiger partial charge on any atom is 0.272 e. The van der Waals surface area contributed by atoms with Crippen LogP contribution in [0.5, 0.6) is 0 Å². The van der Waals surface area contributed by atoms with Gasteiger partial charge in [0.25, 0.3) is 5.91 Å².